The van der Waals surface area contributed by atoms with Crippen molar-refractivity contribution in [3.05, 3.63) is 71.8 Å². The van der Waals surface area contributed by atoms with E-state index in [9.17, 15) is 5.11 Å². The fourth-order valence-corrected chi connectivity index (χ4v) is 3.51. The van der Waals surface area contributed by atoms with Crippen LogP contribution >= 0.6 is 11.6 Å². The van der Waals surface area contributed by atoms with Crippen molar-refractivity contribution < 1.29 is 5.11 Å². The second-order valence-electron chi connectivity index (χ2n) is 6.36. The fraction of sp³-hybridized carbons (Fsp3) is 0. The van der Waals surface area contributed by atoms with Crippen LogP contribution in [0.1, 0.15) is 0 Å². The first-order valence-electron chi connectivity index (χ1n) is 8.33. The average molecular weight is 374 g/mol. The predicted octanol–water partition coefficient (Wildman–Crippen LogP) is 5.59. The molecular weight excluding hydrogens is 358 g/mol. The molecule has 0 heterocycles. The van der Waals surface area contributed by atoms with Gasteiger partial charge in [-0.1, -0.05) is 48.0 Å². The first kappa shape index (κ1) is 17.1. The van der Waals surface area contributed by atoms with Crippen LogP contribution in [0.5, 0.6) is 5.75 Å². The number of hydrogen-bond acceptors (Lipinski definition) is 4. The Kier molecular flexibility index (Phi) is 4.05. The molecule has 0 bridgehead atoms. The summed E-state index contributed by atoms with van der Waals surface area (Å²) in [7, 11) is 0. The van der Waals surface area contributed by atoms with Crippen molar-refractivity contribution in [2.75, 3.05) is 5.73 Å². The molecule has 0 spiro atoms. The Hall–Kier alpha value is -3.37. The molecule has 5 N–H and O–H groups in total. The third-order valence-electron chi connectivity index (χ3n) is 4.63. The normalized spacial score (nSPS) is 13.9. The number of nitrogens with two attached hydrogens (primary N) is 1. The van der Waals surface area contributed by atoms with E-state index in [4.69, 9.17) is 28.2 Å². The minimum absolute atomic E-state index is 0.169. The second-order valence-corrected chi connectivity index (χ2v) is 6.80. The average Bonchev–Trinajstić information content (AvgIpc) is 2.66. The first-order valence-corrected chi connectivity index (χ1v) is 8.71. The summed E-state index contributed by atoms with van der Waals surface area (Å²) in [5.74, 6) is 0.181. The third-order valence-corrected chi connectivity index (χ3v) is 4.87. The van der Waals surface area contributed by atoms with Gasteiger partial charge in [-0.2, -0.15) is 0 Å². The van der Waals surface area contributed by atoms with E-state index in [0.29, 0.717) is 10.7 Å². The summed E-state index contributed by atoms with van der Waals surface area (Å²) in [5.41, 5.74) is 6.65. The summed E-state index contributed by atoms with van der Waals surface area (Å²) in [5, 5.41) is 31.3. The Morgan fingerprint density at radius 3 is 2.15 bits per heavy atom. The number of phenols is 1. The van der Waals surface area contributed by atoms with Gasteiger partial charge >= 0.3 is 0 Å². The number of hydrogen-bond donors (Lipinski definition) is 4. The van der Waals surface area contributed by atoms with E-state index in [0.717, 1.165) is 16.2 Å². The zero-order valence-corrected chi connectivity index (χ0v) is 15.0. The van der Waals surface area contributed by atoms with E-state index in [1.165, 1.54) is 28.3 Å². The Balaban J connectivity index is 0.000000170. The molecule has 0 saturated heterocycles. The zero-order chi connectivity index (χ0) is 19.1. The van der Waals surface area contributed by atoms with Crippen LogP contribution in [0, 0.1) is 10.8 Å². The van der Waals surface area contributed by atoms with E-state index >= 15 is 0 Å². The number of anilines is 1. The summed E-state index contributed by atoms with van der Waals surface area (Å²) in [6, 6.07) is 16.2. The van der Waals surface area contributed by atoms with Crippen molar-refractivity contribution in [2.24, 2.45) is 0 Å². The molecule has 0 amide bonds. The second kappa shape index (κ2) is 6.41. The van der Waals surface area contributed by atoms with Crippen molar-refractivity contribution >= 4 is 61.0 Å². The standard InChI is InChI=1S/C16H11NO.C6H5ClN2/c17-13-8-11-5-4-9-2-1-3-10-6-7-12(16(13)18)15(11)14(9)10;7-4-1-2-5(8)6(9)3-4/h1-8,18H,17H2;1-3,8-9H. The number of allylic oxidation sites excluding steroid dienone is 4. The lowest BCUT2D eigenvalue weighted by Gasteiger charge is -2.12. The van der Waals surface area contributed by atoms with Crippen LogP contribution in [0.2, 0.25) is 0 Å². The largest absolute Gasteiger partial charge is 0.505 e. The maximum Gasteiger partial charge on any atom is 0.146 e. The summed E-state index contributed by atoms with van der Waals surface area (Å²) in [4.78, 5) is 0. The number of nitrogen functional groups attached to an aromatic ring is 1. The number of aromatic hydroxyl groups is 1. The van der Waals surface area contributed by atoms with Gasteiger partial charge in [-0.15, -0.1) is 0 Å². The summed E-state index contributed by atoms with van der Waals surface area (Å²) in [6.45, 7) is 0. The van der Waals surface area contributed by atoms with Gasteiger partial charge in [0.25, 0.3) is 0 Å². The van der Waals surface area contributed by atoms with Gasteiger partial charge in [0.2, 0.25) is 0 Å². The molecule has 0 atom stereocenters. The van der Waals surface area contributed by atoms with Crippen LogP contribution in [0.15, 0.2) is 71.8 Å². The predicted molar refractivity (Wildman–Crippen MR) is 115 cm³/mol. The Labute approximate surface area is 160 Å². The van der Waals surface area contributed by atoms with E-state index in [1.807, 2.05) is 18.2 Å². The molecule has 1 aliphatic rings. The number of nitrogens with one attached hydrogen (secondary N) is 2. The van der Waals surface area contributed by atoms with Crippen molar-refractivity contribution in [3.63, 3.8) is 0 Å². The molecule has 5 heteroatoms. The summed E-state index contributed by atoms with van der Waals surface area (Å²) in [6.07, 6.45) is 4.55. The minimum Gasteiger partial charge on any atom is -0.505 e. The summed E-state index contributed by atoms with van der Waals surface area (Å²) >= 11 is 5.51. The van der Waals surface area contributed by atoms with Crippen LogP contribution in [0.25, 0.3) is 32.3 Å². The zero-order valence-electron chi connectivity index (χ0n) is 14.3. The van der Waals surface area contributed by atoms with Crippen molar-refractivity contribution in [3.8, 4) is 5.75 Å². The van der Waals surface area contributed by atoms with Crippen molar-refractivity contribution in [1.82, 2.24) is 0 Å². The molecule has 27 heavy (non-hydrogen) atoms. The number of phenolic OH excluding ortho intramolecular Hbond substituents is 1. The summed E-state index contributed by atoms with van der Waals surface area (Å²) < 4.78 is 0. The molecule has 0 aliphatic heterocycles. The highest BCUT2D eigenvalue weighted by Gasteiger charge is 2.12. The molecule has 1 aliphatic carbocycles. The lowest BCUT2D eigenvalue weighted by molar-refractivity contribution is 0.484. The first-order chi connectivity index (χ1) is 13.0. The van der Waals surface area contributed by atoms with Crippen LogP contribution in [-0.4, -0.2) is 16.5 Å². The van der Waals surface area contributed by atoms with E-state index in [2.05, 4.69) is 30.3 Å². The van der Waals surface area contributed by atoms with E-state index in [1.54, 1.807) is 6.08 Å². The molecule has 0 aromatic heterocycles. The van der Waals surface area contributed by atoms with E-state index < -0.39 is 0 Å². The molecule has 4 nitrogen and oxygen atoms in total. The highest BCUT2D eigenvalue weighted by molar-refractivity contribution is 6.51. The molecule has 4 aromatic rings. The van der Waals surface area contributed by atoms with Crippen LogP contribution in [0.4, 0.5) is 5.69 Å². The van der Waals surface area contributed by atoms with Crippen molar-refractivity contribution in [2.45, 2.75) is 0 Å². The van der Waals surface area contributed by atoms with Gasteiger partial charge in [0.15, 0.2) is 0 Å². The van der Waals surface area contributed by atoms with Crippen LogP contribution in [0.3, 0.4) is 0 Å². The Bertz CT molecular complexity index is 1270. The molecule has 5 rings (SSSR count). The molecule has 0 saturated carbocycles. The molecule has 0 radical (unpaired) electrons. The molecule has 132 valence electrons. The van der Waals surface area contributed by atoms with Gasteiger partial charge in [0, 0.05) is 15.8 Å². The lowest BCUT2D eigenvalue weighted by Crippen LogP contribution is -2.08. The number of benzene rings is 4. The maximum atomic E-state index is 10.1. The molecule has 0 fully saturated rings. The lowest BCUT2D eigenvalue weighted by atomic mass is 9.93. The van der Waals surface area contributed by atoms with Crippen LogP contribution < -0.4 is 5.73 Å². The fourth-order valence-electron chi connectivity index (χ4n) is 3.33. The molecular formula is C22H16ClN3O. The number of halogens is 1. The van der Waals surface area contributed by atoms with Gasteiger partial charge < -0.3 is 10.8 Å². The molecule has 4 aromatic carbocycles. The number of rotatable bonds is 0. The van der Waals surface area contributed by atoms with E-state index in [-0.39, 0.29) is 17.2 Å². The highest BCUT2D eigenvalue weighted by Crippen LogP contribution is 2.40. The monoisotopic (exact) mass is 373 g/mol. The minimum atomic E-state index is 0.169. The molecule has 0 unspecified atom stereocenters. The van der Waals surface area contributed by atoms with Crippen LogP contribution in [-0.2, 0) is 0 Å². The SMILES string of the molecule is N=C1C=CC(Cl)=CC1=N.Nc1cc2ccc3cccc4ccc(c1O)c2c34. The van der Waals surface area contributed by atoms with Gasteiger partial charge in [-0.05, 0) is 51.9 Å². The van der Waals surface area contributed by atoms with Gasteiger partial charge in [-0.25, -0.2) is 0 Å². The Morgan fingerprint density at radius 1 is 0.815 bits per heavy atom. The quantitative estimate of drug-likeness (QED) is 0.140. The topological polar surface area (TPSA) is 94.0 Å². The van der Waals surface area contributed by atoms with Crippen molar-refractivity contribution in [1.29, 1.82) is 10.8 Å². The Morgan fingerprint density at radius 2 is 1.48 bits per heavy atom. The maximum absolute atomic E-state index is 10.1. The smallest absolute Gasteiger partial charge is 0.146 e. The third kappa shape index (κ3) is 2.90. The van der Waals surface area contributed by atoms with Gasteiger partial charge in [-0.3, -0.25) is 10.8 Å². The van der Waals surface area contributed by atoms with Gasteiger partial charge in [0.05, 0.1) is 17.1 Å². The highest BCUT2D eigenvalue weighted by atomic mass is 35.5. The van der Waals surface area contributed by atoms with Gasteiger partial charge in [0.1, 0.15) is 5.75 Å².